The third-order valence-electron chi connectivity index (χ3n) is 3.78. The van der Waals surface area contributed by atoms with Crippen LogP contribution in [0.4, 0.5) is 11.4 Å². The third-order valence-corrected chi connectivity index (χ3v) is 4.38. The van der Waals surface area contributed by atoms with E-state index < -0.39 is 15.9 Å². The summed E-state index contributed by atoms with van der Waals surface area (Å²) in [6.07, 6.45) is 1.20. The predicted molar refractivity (Wildman–Crippen MR) is 91.7 cm³/mol. The summed E-state index contributed by atoms with van der Waals surface area (Å²) in [5.74, 6) is -0.858. The molecule has 124 valence electrons. The van der Waals surface area contributed by atoms with Gasteiger partial charge in [0.05, 0.1) is 17.9 Å². The van der Waals surface area contributed by atoms with Crippen LogP contribution >= 0.6 is 0 Å². The molecule has 0 radical (unpaired) electrons. The highest BCUT2D eigenvalue weighted by Crippen LogP contribution is 2.33. The van der Waals surface area contributed by atoms with Crippen LogP contribution in [0, 0.1) is 0 Å². The van der Waals surface area contributed by atoms with E-state index in [1.165, 1.54) is 6.07 Å². The molecule has 2 aromatic carbocycles. The van der Waals surface area contributed by atoms with Crippen molar-refractivity contribution in [3.8, 4) is 0 Å². The second-order valence-corrected chi connectivity index (χ2v) is 7.46. The Bertz CT molecular complexity index is 922. The van der Waals surface area contributed by atoms with Crippen LogP contribution in [-0.2, 0) is 14.8 Å². The molecule has 0 bridgehead atoms. The lowest BCUT2D eigenvalue weighted by Gasteiger charge is -2.12. The molecule has 1 atom stereocenters. The summed E-state index contributed by atoms with van der Waals surface area (Å²) < 4.78 is 24.9. The molecule has 7 heteroatoms. The molecular weight excluding hydrogens is 328 g/mol. The summed E-state index contributed by atoms with van der Waals surface area (Å²) >= 11 is 0. The van der Waals surface area contributed by atoms with Crippen LogP contribution in [0.1, 0.15) is 28.3 Å². The summed E-state index contributed by atoms with van der Waals surface area (Å²) in [5.41, 5.74) is 2.14. The van der Waals surface area contributed by atoms with Gasteiger partial charge in [0.1, 0.15) is 0 Å². The second kappa shape index (κ2) is 6.09. The molecule has 3 rings (SSSR count). The number of carbonyl (C=O) groups is 2. The molecule has 1 aliphatic carbocycles. The third kappa shape index (κ3) is 3.46. The minimum Gasteiger partial charge on any atom is -0.325 e. The number of hydrogen-bond acceptors (Lipinski definition) is 4. The highest BCUT2D eigenvalue weighted by molar-refractivity contribution is 7.92. The number of benzene rings is 2. The second-order valence-electron chi connectivity index (χ2n) is 5.71. The monoisotopic (exact) mass is 344 g/mol. The van der Waals surface area contributed by atoms with E-state index in [1.54, 1.807) is 42.5 Å². The first-order chi connectivity index (χ1) is 11.3. The first-order valence-electron chi connectivity index (χ1n) is 7.34. The van der Waals surface area contributed by atoms with Crippen molar-refractivity contribution in [2.45, 2.75) is 12.3 Å². The Morgan fingerprint density at radius 3 is 2.54 bits per heavy atom. The molecule has 2 N–H and O–H groups in total. The molecule has 24 heavy (non-hydrogen) atoms. The van der Waals surface area contributed by atoms with Gasteiger partial charge < -0.3 is 5.32 Å². The Hall–Kier alpha value is -2.67. The molecule has 2 aromatic rings. The first kappa shape index (κ1) is 16.2. The zero-order chi connectivity index (χ0) is 17.3. The lowest BCUT2D eigenvalue weighted by molar-refractivity contribution is -0.117. The molecule has 1 unspecified atom stereocenters. The molecule has 0 aromatic heterocycles. The quantitative estimate of drug-likeness (QED) is 0.890. The maximum atomic E-state index is 12.5. The zero-order valence-corrected chi connectivity index (χ0v) is 13.8. The molecule has 0 fully saturated rings. The van der Waals surface area contributed by atoms with Gasteiger partial charge in [-0.25, -0.2) is 8.42 Å². The van der Waals surface area contributed by atoms with Crippen molar-refractivity contribution in [2.75, 3.05) is 16.3 Å². The Labute approximate surface area is 139 Å². The molecule has 6 nitrogen and oxygen atoms in total. The van der Waals surface area contributed by atoms with Crippen molar-refractivity contribution in [1.29, 1.82) is 0 Å². The lowest BCUT2D eigenvalue weighted by Crippen LogP contribution is -2.19. The van der Waals surface area contributed by atoms with Gasteiger partial charge in [-0.05, 0) is 23.8 Å². The van der Waals surface area contributed by atoms with Gasteiger partial charge in [0.15, 0.2) is 5.78 Å². The van der Waals surface area contributed by atoms with Crippen molar-refractivity contribution >= 4 is 33.1 Å². The van der Waals surface area contributed by atoms with Gasteiger partial charge >= 0.3 is 0 Å². The lowest BCUT2D eigenvalue weighted by atomic mass is 10.0. The molecule has 0 saturated heterocycles. The summed E-state index contributed by atoms with van der Waals surface area (Å²) in [4.78, 5) is 24.5. The number of anilines is 2. The maximum absolute atomic E-state index is 12.5. The Balaban J connectivity index is 1.79. The number of hydrogen-bond donors (Lipinski definition) is 2. The van der Waals surface area contributed by atoms with Crippen molar-refractivity contribution < 1.29 is 18.0 Å². The molecular formula is C17H16N2O4S. The predicted octanol–water partition coefficient (Wildman–Crippen LogP) is 2.37. The van der Waals surface area contributed by atoms with Crippen molar-refractivity contribution in [1.82, 2.24) is 0 Å². The molecule has 0 spiro atoms. The van der Waals surface area contributed by atoms with E-state index in [1.807, 2.05) is 0 Å². The first-order valence-corrected chi connectivity index (χ1v) is 9.23. The average Bonchev–Trinajstić information content (AvgIpc) is 2.84. The number of sulfonamides is 1. The summed E-state index contributed by atoms with van der Waals surface area (Å²) in [6.45, 7) is 0. The van der Waals surface area contributed by atoms with Crippen molar-refractivity contribution in [2.24, 2.45) is 0 Å². The van der Waals surface area contributed by atoms with Crippen molar-refractivity contribution in [3.63, 3.8) is 0 Å². The van der Waals surface area contributed by atoms with Crippen LogP contribution in [-0.4, -0.2) is 26.4 Å². The van der Waals surface area contributed by atoms with Crippen LogP contribution in [0.3, 0.4) is 0 Å². The van der Waals surface area contributed by atoms with Gasteiger partial charge in [0.25, 0.3) is 0 Å². The van der Waals surface area contributed by atoms with E-state index in [0.717, 1.165) is 11.8 Å². The van der Waals surface area contributed by atoms with Crippen molar-refractivity contribution in [3.05, 3.63) is 59.7 Å². The fourth-order valence-electron chi connectivity index (χ4n) is 2.80. The highest BCUT2D eigenvalue weighted by atomic mass is 32.2. The fourth-order valence-corrected chi connectivity index (χ4v) is 3.35. The maximum Gasteiger partial charge on any atom is 0.232 e. The SMILES string of the molecule is CS(=O)(=O)Nc1cccc(NC(=O)C2CC(=O)c3ccccc32)c1. The summed E-state index contributed by atoms with van der Waals surface area (Å²) in [6, 6.07) is 13.5. The number of Topliss-reactive ketones (excluding diaryl/α,β-unsaturated/α-hetero) is 1. The van der Waals surface area contributed by atoms with E-state index in [0.29, 0.717) is 16.9 Å². The molecule has 1 aliphatic rings. The van der Waals surface area contributed by atoms with E-state index in [4.69, 9.17) is 0 Å². The molecule has 0 heterocycles. The topological polar surface area (TPSA) is 92.3 Å². The van der Waals surface area contributed by atoms with E-state index in [-0.39, 0.29) is 18.1 Å². The number of amides is 1. The standard InChI is InChI=1S/C17H16N2O4S/c1-24(22,23)19-12-6-4-5-11(9-12)18-17(21)15-10-16(20)14-8-3-2-7-13(14)15/h2-9,15,19H,10H2,1H3,(H,18,21). The number of fused-ring (bicyclic) bond motifs is 1. The minimum atomic E-state index is -3.39. The van der Waals surface area contributed by atoms with Gasteiger partial charge in [0, 0.05) is 17.7 Å². The fraction of sp³-hybridized carbons (Fsp3) is 0.176. The number of rotatable bonds is 4. The van der Waals surface area contributed by atoms with Gasteiger partial charge in [-0.15, -0.1) is 0 Å². The van der Waals surface area contributed by atoms with Gasteiger partial charge in [-0.3, -0.25) is 14.3 Å². The van der Waals surface area contributed by atoms with Crippen LogP contribution in [0.15, 0.2) is 48.5 Å². The molecule has 1 amide bonds. The Morgan fingerprint density at radius 2 is 1.79 bits per heavy atom. The number of nitrogens with one attached hydrogen (secondary N) is 2. The number of carbonyl (C=O) groups excluding carboxylic acids is 2. The Morgan fingerprint density at radius 1 is 1.08 bits per heavy atom. The number of ketones is 1. The highest BCUT2D eigenvalue weighted by Gasteiger charge is 2.33. The smallest absolute Gasteiger partial charge is 0.232 e. The largest absolute Gasteiger partial charge is 0.325 e. The summed E-state index contributed by atoms with van der Waals surface area (Å²) in [7, 11) is -3.39. The summed E-state index contributed by atoms with van der Waals surface area (Å²) in [5, 5.41) is 2.75. The minimum absolute atomic E-state index is 0.0433. The van der Waals surface area contributed by atoms with E-state index in [2.05, 4.69) is 10.0 Å². The Kier molecular flexibility index (Phi) is 4.11. The zero-order valence-electron chi connectivity index (χ0n) is 12.9. The average molecular weight is 344 g/mol. The normalized spacial score (nSPS) is 16.5. The van der Waals surface area contributed by atoms with Gasteiger partial charge in [-0.1, -0.05) is 30.3 Å². The van der Waals surface area contributed by atoms with Crippen LogP contribution in [0.5, 0.6) is 0 Å². The van der Waals surface area contributed by atoms with Crippen LogP contribution in [0.2, 0.25) is 0 Å². The van der Waals surface area contributed by atoms with E-state index >= 15 is 0 Å². The van der Waals surface area contributed by atoms with Crippen LogP contribution < -0.4 is 10.0 Å². The van der Waals surface area contributed by atoms with E-state index in [9.17, 15) is 18.0 Å². The molecule has 0 aliphatic heterocycles. The molecule has 0 saturated carbocycles. The van der Waals surface area contributed by atoms with Crippen LogP contribution in [0.25, 0.3) is 0 Å². The van der Waals surface area contributed by atoms with Gasteiger partial charge in [-0.2, -0.15) is 0 Å². The van der Waals surface area contributed by atoms with Gasteiger partial charge in [0.2, 0.25) is 15.9 Å².